The summed E-state index contributed by atoms with van der Waals surface area (Å²) in [4.78, 5) is 0. The van der Waals surface area contributed by atoms with Gasteiger partial charge < -0.3 is 4.43 Å². The third-order valence-electron chi connectivity index (χ3n) is 2.53. The van der Waals surface area contributed by atoms with Gasteiger partial charge in [0.25, 0.3) is 0 Å². The lowest BCUT2D eigenvalue weighted by molar-refractivity contribution is 0.252. The SMILES string of the molecule is CC(C)(C)[Si](C)(C)O[C@H](C#N)CCl. The number of alkyl halides is 1. The van der Waals surface area contributed by atoms with Crippen LogP contribution in [0, 0.1) is 11.3 Å². The lowest BCUT2D eigenvalue weighted by atomic mass is 10.2. The predicted molar refractivity (Wildman–Crippen MR) is 58.4 cm³/mol. The van der Waals surface area contributed by atoms with E-state index in [1.165, 1.54) is 0 Å². The van der Waals surface area contributed by atoms with Crippen molar-refractivity contribution in [2.24, 2.45) is 0 Å². The summed E-state index contributed by atoms with van der Waals surface area (Å²) in [5.41, 5.74) is 0. The van der Waals surface area contributed by atoms with Crippen LogP contribution >= 0.6 is 11.6 Å². The minimum atomic E-state index is -1.82. The molecule has 13 heavy (non-hydrogen) atoms. The van der Waals surface area contributed by atoms with Crippen LogP contribution in [0.15, 0.2) is 0 Å². The highest BCUT2D eigenvalue weighted by molar-refractivity contribution is 6.74. The molecular weight excluding hydrogens is 202 g/mol. The van der Waals surface area contributed by atoms with E-state index in [4.69, 9.17) is 21.3 Å². The molecule has 1 atom stereocenters. The van der Waals surface area contributed by atoms with E-state index in [1.807, 2.05) is 0 Å². The first-order valence-corrected chi connectivity index (χ1v) is 7.82. The number of halogens is 1. The molecule has 76 valence electrons. The molecule has 0 aliphatic heterocycles. The van der Waals surface area contributed by atoms with E-state index in [1.54, 1.807) is 0 Å². The summed E-state index contributed by atoms with van der Waals surface area (Å²) in [5.74, 6) is 0.253. The molecule has 0 spiro atoms. The van der Waals surface area contributed by atoms with Gasteiger partial charge in [-0.1, -0.05) is 20.8 Å². The van der Waals surface area contributed by atoms with Crippen molar-refractivity contribution < 1.29 is 4.43 Å². The molecule has 0 saturated carbocycles. The highest BCUT2D eigenvalue weighted by atomic mass is 35.5. The van der Waals surface area contributed by atoms with Crippen LogP contribution < -0.4 is 0 Å². The molecule has 0 aliphatic rings. The summed E-state index contributed by atoms with van der Waals surface area (Å²) in [5, 5.41) is 8.85. The molecule has 0 rings (SSSR count). The molecule has 0 aliphatic carbocycles. The molecule has 0 aromatic carbocycles. The third-order valence-corrected chi connectivity index (χ3v) is 7.29. The molecule has 0 aromatic heterocycles. The molecule has 0 amide bonds. The van der Waals surface area contributed by atoms with Crippen molar-refractivity contribution >= 4 is 19.9 Å². The first-order chi connectivity index (χ1) is 5.74. The molecular formula is C9H18ClNOSi. The van der Waals surface area contributed by atoms with Gasteiger partial charge in [-0.15, -0.1) is 11.6 Å². The molecule has 0 unspecified atom stereocenters. The zero-order valence-electron chi connectivity index (χ0n) is 9.02. The fourth-order valence-electron chi connectivity index (χ4n) is 0.625. The van der Waals surface area contributed by atoms with Crippen molar-refractivity contribution in [1.82, 2.24) is 0 Å². The van der Waals surface area contributed by atoms with Crippen LogP contribution in [0.5, 0.6) is 0 Å². The van der Waals surface area contributed by atoms with Gasteiger partial charge in [0.15, 0.2) is 8.32 Å². The Balaban J connectivity index is 4.43. The first-order valence-electron chi connectivity index (χ1n) is 4.38. The van der Waals surface area contributed by atoms with E-state index in [-0.39, 0.29) is 10.9 Å². The molecule has 2 nitrogen and oxygen atoms in total. The number of nitrogens with zero attached hydrogens (tertiary/aromatic N) is 1. The molecule has 4 heteroatoms. The van der Waals surface area contributed by atoms with Gasteiger partial charge in [0.1, 0.15) is 6.10 Å². The average Bonchev–Trinajstić information content (AvgIpc) is 1.98. The van der Waals surface area contributed by atoms with Gasteiger partial charge in [0, 0.05) is 0 Å². The van der Waals surface area contributed by atoms with Gasteiger partial charge in [-0.2, -0.15) is 5.26 Å². The van der Waals surface area contributed by atoms with Crippen LogP contribution in [-0.4, -0.2) is 20.3 Å². The van der Waals surface area contributed by atoms with Crippen molar-refractivity contribution in [3.05, 3.63) is 0 Å². The lowest BCUT2D eigenvalue weighted by Gasteiger charge is -2.37. The van der Waals surface area contributed by atoms with Gasteiger partial charge >= 0.3 is 0 Å². The van der Waals surface area contributed by atoms with Crippen LogP contribution in [0.25, 0.3) is 0 Å². The Bertz CT molecular complexity index is 205. The van der Waals surface area contributed by atoms with Gasteiger partial charge in [0.2, 0.25) is 0 Å². The second kappa shape index (κ2) is 4.45. The molecule has 0 saturated heterocycles. The first kappa shape index (κ1) is 13.0. The summed E-state index contributed by atoms with van der Waals surface area (Å²) < 4.78 is 5.75. The number of hydrogen-bond donors (Lipinski definition) is 0. The second-order valence-electron chi connectivity index (χ2n) is 4.65. The van der Waals surface area contributed by atoms with E-state index in [2.05, 4.69) is 39.9 Å². The predicted octanol–water partition coefficient (Wildman–Crippen LogP) is 3.14. The standard InChI is InChI=1S/C9H18ClNOSi/c1-9(2,3)13(4,5)12-8(6-10)7-11/h8H,6H2,1-5H3/t8-/m0/s1. The van der Waals surface area contributed by atoms with Crippen molar-refractivity contribution in [1.29, 1.82) is 5.26 Å². The zero-order valence-corrected chi connectivity index (χ0v) is 10.8. The Morgan fingerprint density at radius 2 is 1.92 bits per heavy atom. The van der Waals surface area contributed by atoms with Crippen LogP contribution in [0.1, 0.15) is 20.8 Å². The largest absolute Gasteiger partial charge is 0.400 e. The van der Waals surface area contributed by atoms with Crippen molar-refractivity contribution in [2.75, 3.05) is 5.88 Å². The molecule has 0 heterocycles. The maximum absolute atomic E-state index is 8.72. The molecule has 0 fully saturated rings. The fourth-order valence-corrected chi connectivity index (χ4v) is 2.06. The topological polar surface area (TPSA) is 33.0 Å². The Hall–Kier alpha value is -0.0431. The zero-order chi connectivity index (χ0) is 10.7. The van der Waals surface area contributed by atoms with Gasteiger partial charge in [-0.3, -0.25) is 0 Å². The lowest BCUT2D eigenvalue weighted by Crippen LogP contribution is -2.44. The van der Waals surface area contributed by atoms with Crippen molar-refractivity contribution in [3.8, 4) is 6.07 Å². The maximum atomic E-state index is 8.72. The monoisotopic (exact) mass is 219 g/mol. The summed E-state index contributed by atoms with van der Waals surface area (Å²) in [7, 11) is -1.82. The second-order valence-corrected chi connectivity index (χ2v) is 9.72. The van der Waals surface area contributed by atoms with Gasteiger partial charge in [-0.05, 0) is 18.1 Å². The fraction of sp³-hybridized carbons (Fsp3) is 0.889. The highest BCUT2D eigenvalue weighted by Crippen LogP contribution is 2.37. The number of nitriles is 1. The van der Waals surface area contributed by atoms with Crippen LogP contribution in [0.4, 0.5) is 0 Å². The van der Waals surface area contributed by atoms with E-state index in [0.717, 1.165) is 0 Å². The molecule has 0 bridgehead atoms. The number of rotatable bonds is 3. The molecule has 0 N–H and O–H groups in total. The van der Waals surface area contributed by atoms with Crippen LogP contribution in [0.2, 0.25) is 18.1 Å². The van der Waals surface area contributed by atoms with Gasteiger partial charge in [-0.25, -0.2) is 0 Å². The van der Waals surface area contributed by atoms with Crippen molar-refractivity contribution in [3.63, 3.8) is 0 Å². The Morgan fingerprint density at radius 1 is 1.46 bits per heavy atom. The van der Waals surface area contributed by atoms with E-state index < -0.39 is 14.4 Å². The Morgan fingerprint density at radius 3 is 2.15 bits per heavy atom. The van der Waals surface area contributed by atoms with Gasteiger partial charge in [0.05, 0.1) is 11.9 Å². The normalized spacial score (nSPS) is 15.2. The van der Waals surface area contributed by atoms with Crippen LogP contribution in [-0.2, 0) is 4.43 Å². The smallest absolute Gasteiger partial charge is 0.193 e. The van der Waals surface area contributed by atoms with E-state index in [9.17, 15) is 0 Å². The summed E-state index contributed by atoms with van der Waals surface area (Å²) >= 11 is 5.60. The summed E-state index contributed by atoms with van der Waals surface area (Å²) in [6.45, 7) is 10.7. The quantitative estimate of drug-likeness (QED) is 0.540. The number of hydrogen-bond acceptors (Lipinski definition) is 2. The maximum Gasteiger partial charge on any atom is 0.193 e. The molecule has 0 aromatic rings. The minimum absolute atomic E-state index is 0.133. The van der Waals surface area contributed by atoms with Crippen LogP contribution in [0.3, 0.4) is 0 Å². The minimum Gasteiger partial charge on any atom is -0.400 e. The van der Waals surface area contributed by atoms with Crippen molar-refractivity contribution in [2.45, 2.75) is 45.0 Å². The highest BCUT2D eigenvalue weighted by Gasteiger charge is 2.39. The van der Waals surface area contributed by atoms with E-state index >= 15 is 0 Å². The third kappa shape index (κ3) is 3.68. The summed E-state index contributed by atoms with van der Waals surface area (Å²) in [6, 6.07) is 2.06. The molecule has 0 radical (unpaired) electrons. The Labute approximate surface area is 87.0 Å². The average molecular weight is 220 g/mol. The van der Waals surface area contributed by atoms with E-state index in [0.29, 0.717) is 0 Å². The summed E-state index contributed by atoms with van der Waals surface area (Å²) in [6.07, 6.45) is -0.456. The Kier molecular flexibility index (Phi) is 4.44.